The van der Waals surface area contributed by atoms with Crippen molar-refractivity contribution in [2.45, 2.75) is 32.9 Å². The summed E-state index contributed by atoms with van der Waals surface area (Å²) in [7, 11) is 0. The minimum atomic E-state index is -0.551. The second-order valence-electron chi connectivity index (χ2n) is 5.19. The van der Waals surface area contributed by atoms with Gasteiger partial charge in [0, 0.05) is 23.7 Å². The van der Waals surface area contributed by atoms with Crippen molar-refractivity contribution in [2.24, 2.45) is 0 Å². The summed E-state index contributed by atoms with van der Waals surface area (Å²) in [6, 6.07) is 11.8. The van der Waals surface area contributed by atoms with Crippen LogP contribution in [0.2, 0.25) is 0 Å². The summed E-state index contributed by atoms with van der Waals surface area (Å²) in [6.45, 7) is 5.95. The second kappa shape index (κ2) is 6.14. The van der Waals surface area contributed by atoms with Gasteiger partial charge in [0.05, 0.1) is 0 Å². The van der Waals surface area contributed by atoms with Crippen LogP contribution in [0, 0.1) is 18.6 Å². The van der Waals surface area contributed by atoms with Gasteiger partial charge in [-0.25, -0.2) is 8.78 Å². The molecule has 0 heterocycles. The van der Waals surface area contributed by atoms with E-state index >= 15 is 0 Å². The molecule has 1 unspecified atom stereocenters. The Morgan fingerprint density at radius 1 is 0.950 bits per heavy atom. The van der Waals surface area contributed by atoms with Crippen molar-refractivity contribution >= 4 is 0 Å². The summed E-state index contributed by atoms with van der Waals surface area (Å²) in [5.74, 6) is -1.06. The van der Waals surface area contributed by atoms with E-state index in [9.17, 15) is 8.78 Å². The molecule has 1 nitrogen and oxygen atoms in total. The first kappa shape index (κ1) is 14.7. The van der Waals surface area contributed by atoms with Gasteiger partial charge in [0.25, 0.3) is 0 Å². The third-order valence-corrected chi connectivity index (χ3v) is 3.47. The number of aryl methyl sites for hydroxylation is 1. The summed E-state index contributed by atoms with van der Waals surface area (Å²) < 4.78 is 26.7. The first-order valence-corrected chi connectivity index (χ1v) is 6.75. The lowest BCUT2D eigenvalue weighted by atomic mass is 10.0. The number of benzene rings is 2. The van der Waals surface area contributed by atoms with Crippen LogP contribution in [0.25, 0.3) is 0 Å². The Morgan fingerprint density at radius 2 is 1.70 bits per heavy atom. The molecule has 2 aromatic rings. The van der Waals surface area contributed by atoms with Crippen molar-refractivity contribution in [3.05, 3.63) is 70.8 Å². The fraction of sp³-hybridized carbons (Fsp3) is 0.294. The van der Waals surface area contributed by atoms with Gasteiger partial charge in [0.15, 0.2) is 0 Å². The Hall–Kier alpha value is -1.74. The van der Waals surface area contributed by atoms with Gasteiger partial charge in [-0.2, -0.15) is 0 Å². The van der Waals surface area contributed by atoms with Crippen LogP contribution in [0.5, 0.6) is 0 Å². The maximum absolute atomic E-state index is 13.7. The highest BCUT2D eigenvalue weighted by atomic mass is 19.1. The Bertz CT molecular complexity index is 595. The number of hydrogen-bond acceptors (Lipinski definition) is 1. The molecule has 0 amide bonds. The molecule has 0 spiro atoms. The lowest BCUT2D eigenvalue weighted by Gasteiger charge is -2.21. The highest BCUT2D eigenvalue weighted by Gasteiger charge is 2.15. The van der Waals surface area contributed by atoms with Crippen LogP contribution >= 0.6 is 0 Å². The summed E-state index contributed by atoms with van der Waals surface area (Å²) >= 11 is 0. The van der Waals surface area contributed by atoms with Gasteiger partial charge < -0.3 is 5.32 Å². The van der Waals surface area contributed by atoms with Crippen LogP contribution < -0.4 is 5.32 Å². The van der Waals surface area contributed by atoms with Crippen molar-refractivity contribution in [3.63, 3.8) is 0 Å². The first-order chi connectivity index (χ1) is 9.47. The minimum absolute atomic E-state index is 0.0920. The fourth-order valence-corrected chi connectivity index (χ4v) is 2.35. The smallest absolute Gasteiger partial charge is 0.130 e. The maximum Gasteiger partial charge on any atom is 0.130 e. The Labute approximate surface area is 118 Å². The zero-order valence-corrected chi connectivity index (χ0v) is 12.0. The van der Waals surface area contributed by atoms with E-state index in [1.54, 1.807) is 0 Å². The Kier molecular flexibility index (Phi) is 4.50. The SMILES string of the molecule is Cc1cccc([C@@H](C)NC(C)c2ccc(F)cc2F)c1. The van der Waals surface area contributed by atoms with E-state index in [2.05, 4.69) is 11.4 Å². The first-order valence-electron chi connectivity index (χ1n) is 6.75. The monoisotopic (exact) mass is 275 g/mol. The van der Waals surface area contributed by atoms with E-state index in [4.69, 9.17) is 0 Å². The fourth-order valence-electron chi connectivity index (χ4n) is 2.35. The van der Waals surface area contributed by atoms with E-state index in [0.29, 0.717) is 5.56 Å². The van der Waals surface area contributed by atoms with Gasteiger partial charge in [-0.3, -0.25) is 0 Å². The molecule has 1 N–H and O–H groups in total. The van der Waals surface area contributed by atoms with E-state index in [1.165, 1.54) is 17.7 Å². The summed E-state index contributed by atoms with van der Waals surface area (Å²) in [6.07, 6.45) is 0. The second-order valence-corrected chi connectivity index (χ2v) is 5.19. The van der Waals surface area contributed by atoms with Crippen LogP contribution in [0.1, 0.15) is 42.6 Å². The van der Waals surface area contributed by atoms with Gasteiger partial charge >= 0.3 is 0 Å². The van der Waals surface area contributed by atoms with Crippen LogP contribution in [0.15, 0.2) is 42.5 Å². The third-order valence-electron chi connectivity index (χ3n) is 3.47. The van der Waals surface area contributed by atoms with Crippen LogP contribution in [-0.2, 0) is 0 Å². The zero-order chi connectivity index (χ0) is 14.7. The predicted molar refractivity (Wildman–Crippen MR) is 77.5 cm³/mol. The molecule has 0 fully saturated rings. The molecule has 0 radical (unpaired) electrons. The molecule has 0 bridgehead atoms. The van der Waals surface area contributed by atoms with Crippen LogP contribution in [0.4, 0.5) is 8.78 Å². The topological polar surface area (TPSA) is 12.0 Å². The molecule has 2 rings (SSSR count). The average Bonchev–Trinajstić information content (AvgIpc) is 2.38. The van der Waals surface area contributed by atoms with Crippen molar-refractivity contribution in [1.82, 2.24) is 5.32 Å². The molecular weight excluding hydrogens is 256 g/mol. The van der Waals surface area contributed by atoms with Gasteiger partial charge in [-0.05, 0) is 32.4 Å². The van der Waals surface area contributed by atoms with Crippen molar-refractivity contribution < 1.29 is 8.78 Å². The summed E-state index contributed by atoms with van der Waals surface area (Å²) in [5, 5.41) is 3.34. The molecule has 3 heteroatoms. The molecule has 0 saturated carbocycles. The standard InChI is InChI=1S/C17H19F2N/c1-11-5-4-6-14(9-11)12(2)20-13(3)16-8-7-15(18)10-17(16)19/h4-10,12-13,20H,1-3H3/t12-,13?/m1/s1. The number of hydrogen-bond donors (Lipinski definition) is 1. The predicted octanol–water partition coefficient (Wildman–Crippen LogP) is 4.69. The highest BCUT2D eigenvalue weighted by molar-refractivity contribution is 5.26. The van der Waals surface area contributed by atoms with Gasteiger partial charge in [-0.15, -0.1) is 0 Å². The molecule has 2 atom stereocenters. The van der Waals surface area contributed by atoms with E-state index in [0.717, 1.165) is 11.6 Å². The maximum atomic E-state index is 13.7. The highest BCUT2D eigenvalue weighted by Crippen LogP contribution is 2.22. The van der Waals surface area contributed by atoms with Crippen molar-refractivity contribution in [1.29, 1.82) is 0 Å². The molecule has 0 aliphatic carbocycles. The van der Waals surface area contributed by atoms with E-state index in [1.807, 2.05) is 39.0 Å². The lowest BCUT2D eigenvalue weighted by molar-refractivity contribution is 0.470. The number of rotatable bonds is 4. The average molecular weight is 275 g/mol. The van der Waals surface area contributed by atoms with E-state index < -0.39 is 11.6 Å². The summed E-state index contributed by atoms with van der Waals surface area (Å²) in [5.41, 5.74) is 2.82. The van der Waals surface area contributed by atoms with Crippen LogP contribution in [-0.4, -0.2) is 0 Å². The van der Waals surface area contributed by atoms with Gasteiger partial charge in [0.1, 0.15) is 11.6 Å². The molecule has 106 valence electrons. The molecular formula is C17H19F2N. The van der Waals surface area contributed by atoms with E-state index in [-0.39, 0.29) is 12.1 Å². The molecule has 0 aromatic heterocycles. The normalized spacial score (nSPS) is 14.1. The Morgan fingerprint density at radius 3 is 2.35 bits per heavy atom. The number of nitrogens with one attached hydrogen (secondary N) is 1. The van der Waals surface area contributed by atoms with Crippen LogP contribution in [0.3, 0.4) is 0 Å². The Balaban J connectivity index is 2.12. The molecule has 20 heavy (non-hydrogen) atoms. The van der Waals surface area contributed by atoms with Gasteiger partial charge in [0.2, 0.25) is 0 Å². The molecule has 0 aliphatic rings. The lowest BCUT2D eigenvalue weighted by Crippen LogP contribution is -2.23. The number of halogens is 2. The zero-order valence-electron chi connectivity index (χ0n) is 12.0. The molecule has 0 saturated heterocycles. The quantitative estimate of drug-likeness (QED) is 0.854. The summed E-state index contributed by atoms with van der Waals surface area (Å²) in [4.78, 5) is 0. The van der Waals surface area contributed by atoms with Crippen molar-refractivity contribution in [3.8, 4) is 0 Å². The third kappa shape index (κ3) is 3.42. The molecule has 2 aromatic carbocycles. The van der Waals surface area contributed by atoms with Gasteiger partial charge in [-0.1, -0.05) is 35.9 Å². The molecule has 0 aliphatic heterocycles. The van der Waals surface area contributed by atoms with Crippen molar-refractivity contribution in [2.75, 3.05) is 0 Å². The largest absolute Gasteiger partial charge is 0.304 e. The minimum Gasteiger partial charge on any atom is -0.304 e.